The van der Waals surface area contributed by atoms with Gasteiger partial charge in [-0.1, -0.05) is 78.9 Å². The minimum atomic E-state index is -4.39. The van der Waals surface area contributed by atoms with Crippen LogP contribution in [0, 0.1) is 0 Å². The van der Waals surface area contributed by atoms with Gasteiger partial charge in [0.15, 0.2) is 5.72 Å². The second kappa shape index (κ2) is 13.3. The lowest BCUT2D eigenvalue weighted by Crippen LogP contribution is -2.43. The molecule has 0 aromatic heterocycles. The summed E-state index contributed by atoms with van der Waals surface area (Å²) in [7, 11) is -8.72. The summed E-state index contributed by atoms with van der Waals surface area (Å²) < 4.78 is 32.5. The zero-order valence-electron chi connectivity index (χ0n) is 22.5. The third-order valence-corrected chi connectivity index (χ3v) is 8.50. The summed E-state index contributed by atoms with van der Waals surface area (Å²) in [5, 5.41) is 0. The average molecular weight is 607 g/mol. The topological polar surface area (TPSA) is 163 Å². The van der Waals surface area contributed by atoms with Crippen LogP contribution < -0.4 is 20.8 Å². The largest absolute Gasteiger partial charge is 0.439 e. The zero-order valence-corrected chi connectivity index (χ0v) is 24.3. The molecule has 0 aliphatic heterocycles. The summed E-state index contributed by atoms with van der Waals surface area (Å²) in [4.78, 5) is 29.6. The van der Waals surface area contributed by atoms with Crippen LogP contribution in [0.4, 0.5) is 22.7 Å². The highest BCUT2D eigenvalue weighted by molar-refractivity contribution is 7.55. The van der Waals surface area contributed by atoms with Crippen molar-refractivity contribution < 1.29 is 28.3 Å². The lowest BCUT2D eigenvalue weighted by Gasteiger charge is -2.35. The Bertz CT molecular complexity index is 1520. The van der Waals surface area contributed by atoms with Gasteiger partial charge < -0.3 is 20.4 Å². The number of nitrogens with zero attached hydrogens (tertiary/aromatic N) is 2. The van der Waals surface area contributed by atoms with Crippen LogP contribution in [-0.4, -0.2) is 20.4 Å². The summed E-state index contributed by atoms with van der Waals surface area (Å²) >= 11 is 0. The fourth-order valence-corrected chi connectivity index (χ4v) is 6.63. The number of allylic oxidation sites excluding steroid dienone is 2. The van der Waals surface area contributed by atoms with Crippen LogP contribution in [0.3, 0.4) is 0 Å². The molecule has 4 aromatic carbocycles. The molecule has 0 amide bonds. The molecule has 0 fully saturated rings. The monoisotopic (exact) mass is 606 g/mol. The first-order valence-corrected chi connectivity index (χ1v) is 15.9. The van der Waals surface area contributed by atoms with Crippen molar-refractivity contribution in [2.24, 2.45) is 11.5 Å². The molecule has 1 aliphatic carbocycles. The number of nitrogens with two attached hydrogens (primary N) is 2. The lowest BCUT2D eigenvalue weighted by atomic mass is 10.0. The summed E-state index contributed by atoms with van der Waals surface area (Å²) in [5.41, 5.74) is 12.9. The minimum Gasteiger partial charge on any atom is -0.402 e. The van der Waals surface area contributed by atoms with E-state index in [0.29, 0.717) is 28.4 Å². The van der Waals surface area contributed by atoms with Crippen molar-refractivity contribution in [3.05, 3.63) is 145 Å². The summed E-state index contributed by atoms with van der Waals surface area (Å²) in [6.45, 7) is 0. The Balaban J connectivity index is 0.000000208. The van der Waals surface area contributed by atoms with Crippen LogP contribution in [0.25, 0.3) is 0 Å². The van der Waals surface area contributed by atoms with E-state index in [1.807, 2.05) is 12.1 Å². The molecule has 0 bridgehead atoms. The Hall–Kier alpha value is -3.98. The number of rotatable bonds is 8. The second-order valence-corrected chi connectivity index (χ2v) is 12.3. The number of para-hydroxylation sites is 4. The average Bonchev–Trinajstić information content (AvgIpc) is 2.94. The highest BCUT2D eigenvalue weighted by Gasteiger charge is 2.40. The van der Waals surface area contributed by atoms with Gasteiger partial charge in [0.05, 0.1) is 22.7 Å². The molecular formula is C30H32N4O6P2. The van der Waals surface area contributed by atoms with Gasteiger partial charge in [-0.25, -0.2) is 18.5 Å². The van der Waals surface area contributed by atoms with Crippen molar-refractivity contribution in [2.75, 3.05) is 9.34 Å². The third-order valence-electron chi connectivity index (χ3n) is 5.97. The summed E-state index contributed by atoms with van der Waals surface area (Å²) in [5.74, 6) is 0. The lowest BCUT2D eigenvalue weighted by molar-refractivity contribution is 0.107. The van der Waals surface area contributed by atoms with Crippen molar-refractivity contribution in [2.45, 2.75) is 12.1 Å². The second-order valence-electron chi connectivity index (χ2n) is 9.29. The number of hydrogen-bond acceptors (Lipinski definition) is 5. The fourth-order valence-electron chi connectivity index (χ4n) is 4.26. The van der Waals surface area contributed by atoms with Gasteiger partial charge in [0.1, 0.15) is 0 Å². The molecule has 218 valence electrons. The van der Waals surface area contributed by atoms with E-state index in [9.17, 15) is 23.8 Å². The standard InChI is InChI=1S/C18H20N3O3P.C12H12NO3P/c19-15-8-7-13-18(20,14-15)24-25(22,23)21(16-9-3-1-4-10-16)17-11-5-2-6-12-17;14-17(15,16)13(11-7-3-1-4-8-11)12-9-5-2-6-10-12/h1-13H,14,19-20H2,(H,22,23);1-10H,(H2,14,15,16). The Morgan fingerprint density at radius 1 is 0.643 bits per heavy atom. The van der Waals surface area contributed by atoms with Crippen LogP contribution in [0.5, 0.6) is 0 Å². The molecule has 0 saturated carbocycles. The molecule has 42 heavy (non-hydrogen) atoms. The van der Waals surface area contributed by atoms with Gasteiger partial charge in [-0.15, -0.1) is 0 Å². The Kier molecular flexibility index (Phi) is 9.83. The van der Waals surface area contributed by atoms with Gasteiger partial charge >= 0.3 is 15.5 Å². The van der Waals surface area contributed by atoms with Gasteiger partial charge in [-0.2, -0.15) is 0 Å². The predicted octanol–water partition coefficient (Wildman–Crippen LogP) is 6.32. The highest BCUT2D eigenvalue weighted by Crippen LogP contribution is 2.56. The van der Waals surface area contributed by atoms with Gasteiger partial charge in [-0.05, 0) is 60.7 Å². The Morgan fingerprint density at radius 2 is 1.00 bits per heavy atom. The van der Waals surface area contributed by atoms with E-state index in [2.05, 4.69) is 0 Å². The van der Waals surface area contributed by atoms with Gasteiger partial charge in [0, 0.05) is 12.1 Å². The molecule has 7 N–H and O–H groups in total. The Morgan fingerprint density at radius 3 is 1.33 bits per heavy atom. The molecule has 0 heterocycles. The molecule has 0 radical (unpaired) electrons. The molecule has 0 spiro atoms. The predicted molar refractivity (Wildman–Crippen MR) is 166 cm³/mol. The van der Waals surface area contributed by atoms with Crippen molar-refractivity contribution in [1.29, 1.82) is 0 Å². The molecule has 5 rings (SSSR count). The molecule has 2 unspecified atom stereocenters. The van der Waals surface area contributed by atoms with Gasteiger partial charge in [0.25, 0.3) is 0 Å². The maximum absolute atomic E-state index is 13.2. The molecule has 2 atom stereocenters. The maximum Gasteiger partial charge on any atom is 0.439 e. The van der Waals surface area contributed by atoms with Crippen LogP contribution in [0.15, 0.2) is 145 Å². The quantitative estimate of drug-likeness (QED) is 0.113. The van der Waals surface area contributed by atoms with Crippen LogP contribution in [-0.2, 0) is 13.7 Å². The molecule has 0 saturated heterocycles. The molecule has 4 aromatic rings. The van der Waals surface area contributed by atoms with E-state index in [0.717, 1.165) is 4.67 Å². The molecular weight excluding hydrogens is 574 g/mol. The normalized spacial score (nSPS) is 17.7. The van der Waals surface area contributed by atoms with Crippen LogP contribution in [0.1, 0.15) is 6.42 Å². The number of hydrogen-bond donors (Lipinski definition) is 5. The van der Waals surface area contributed by atoms with Crippen LogP contribution in [0.2, 0.25) is 0 Å². The molecule has 1 aliphatic rings. The third kappa shape index (κ3) is 8.06. The number of benzene rings is 4. The van der Waals surface area contributed by atoms with E-state index in [4.69, 9.17) is 16.0 Å². The molecule has 10 nitrogen and oxygen atoms in total. The van der Waals surface area contributed by atoms with E-state index in [-0.39, 0.29) is 6.42 Å². The van der Waals surface area contributed by atoms with Crippen molar-refractivity contribution in [3.8, 4) is 0 Å². The van der Waals surface area contributed by atoms with E-state index in [1.54, 1.807) is 121 Å². The summed E-state index contributed by atoms with van der Waals surface area (Å²) in [6, 6.07) is 34.9. The maximum atomic E-state index is 13.2. The van der Waals surface area contributed by atoms with E-state index < -0.39 is 21.2 Å². The van der Waals surface area contributed by atoms with Crippen molar-refractivity contribution in [3.63, 3.8) is 0 Å². The minimum absolute atomic E-state index is 0.130. The first-order chi connectivity index (χ1) is 20.0. The zero-order chi connectivity index (χ0) is 30.2. The first-order valence-electron chi connectivity index (χ1n) is 12.8. The first kappa shape index (κ1) is 31.0. The van der Waals surface area contributed by atoms with E-state index >= 15 is 0 Å². The smallest absolute Gasteiger partial charge is 0.402 e. The molecule has 12 heteroatoms. The Labute approximate surface area is 244 Å². The van der Waals surface area contributed by atoms with Crippen molar-refractivity contribution >= 4 is 38.2 Å². The highest BCUT2D eigenvalue weighted by atomic mass is 31.2. The summed E-state index contributed by atoms with van der Waals surface area (Å²) in [6.07, 6.45) is 4.96. The SMILES string of the molecule is NC1=CC=CC(N)(OP(=O)(O)N(c2ccccc2)c2ccccc2)C1.O=P(O)(O)N(c1ccccc1)c1ccccc1. The fraction of sp³-hybridized carbons (Fsp3) is 0.0667. The van der Waals surface area contributed by atoms with Gasteiger partial charge in [-0.3, -0.25) is 10.3 Å². The van der Waals surface area contributed by atoms with E-state index in [1.165, 1.54) is 10.7 Å². The number of anilines is 4. The van der Waals surface area contributed by atoms with Crippen LogP contribution >= 0.6 is 15.5 Å². The van der Waals surface area contributed by atoms with Gasteiger partial charge in [0.2, 0.25) is 0 Å². The van der Waals surface area contributed by atoms with Crippen molar-refractivity contribution in [1.82, 2.24) is 0 Å².